The molecule has 2 aromatic carbocycles. The second-order valence-electron chi connectivity index (χ2n) is 6.01. The number of benzene rings is 2. The van der Waals surface area contributed by atoms with E-state index in [9.17, 15) is 14.0 Å². The summed E-state index contributed by atoms with van der Waals surface area (Å²) in [7, 11) is 1.25. The molecule has 1 aliphatic rings. The second-order valence-corrected chi connectivity index (χ2v) is 6.01. The lowest BCUT2D eigenvalue weighted by atomic mass is 10.0. The normalized spacial score (nSPS) is 13.9. The van der Waals surface area contributed by atoms with Crippen molar-refractivity contribution in [2.45, 2.75) is 0 Å². The lowest BCUT2D eigenvalue weighted by Crippen LogP contribution is -2.31. The number of aliphatic hydroxyl groups is 1. The predicted octanol–water partition coefficient (Wildman–Crippen LogP) is 2.17. The minimum Gasteiger partial charge on any atom is -0.466 e. The number of halogens is 1. The van der Waals surface area contributed by atoms with Crippen LogP contribution in [0.2, 0.25) is 0 Å². The zero-order valence-electron chi connectivity index (χ0n) is 14.7. The van der Waals surface area contributed by atoms with Crippen molar-refractivity contribution < 1.29 is 23.8 Å². The van der Waals surface area contributed by atoms with Gasteiger partial charge in [0.25, 0.3) is 5.91 Å². The van der Waals surface area contributed by atoms with E-state index in [1.807, 2.05) is 6.07 Å². The van der Waals surface area contributed by atoms with Crippen molar-refractivity contribution in [2.75, 3.05) is 32.1 Å². The van der Waals surface area contributed by atoms with E-state index in [1.165, 1.54) is 24.1 Å². The Bertz CT molecular complexity index is 893. The van der Waals surface area contributed by atoms with Crippen LogP contribution in [0.4, 0.5) is 10.1 Å². The number of hydrogen-bond donors (Lipinski definition) is 2. The zero-order valence-corrected chi connectivity index (χ0v) is 14.7. The molecular formula is C20H19FN2O4. The fraction of sp³-hybridized carbons (Fsp3) is 0.200. The monoisotopic (exact) mass is 370 g/mol. The molecule has 140 valence electrons. The first kappa shape index (κ1) is 18.6. The summed E-state index contributed by atoms with van der Waals surface area (Å²) in [5.41, 5.74) is 2.60. The number of ether oxygens (including phenoxy) is 1. The quantitative estimate of drug-likeness (QED) is 0.762. The molecule has 0 spiro atoms. The van der Waals surface area contributed by atoms with Gasteiger partial charge in [-0.3, -0.25) is 4.79 Å². The van der Waals surface area contributed by atoms with Gasteiger partial charge in [0, 0.05) is 12.2 Å². The van der Waals surface area contributed by atoms with Crippen molar-refractivity contribution in [3.05, 3.63) is 65.6 Å². The largest absolute Gasteiger partial charge is 0.466 e. The summed E-state index contributed by atoms with van der Waals surface area (Å²) < 4.78 is 17.9. The number of hydrogen-bond acceptors (Lipinski definition) is 5. The number of carbonyl (C=O) groups excluding carboxylic acids is 2. The van der Waals surface area contributed by atoms with E-state index in [4.69, 9.17) is 9.84 Å². The predicted molar refractivity (Wildman–Crippen MR) is 98.2 cm³/mol. The van der Waals surface area contributed by atoms with Gasteiger partial charge in [-0.25, -0.2) is 9.18 Å². The first-order valence-electron chi connectivity index (χ1n) is 8.38. The maximum atomic E-state index is 13.1. The molecule has 0 bridgehead atoms. The first-order valence-corrected chi connectivity index (χ1v) is 8.38. The van der Waals surface area contributed by atoms with Gasteiger partial charge in [-0.15, -0.1) is 0 Å². The fourth-order valence-corrected chi connectivity index (χ4v) is 2.91. The fourth-order valence-electron chi connectivity index (χ4n) is 2.91. The van der Waals surface area contributed by atoms with Gasteiger partial charge in [0.1, 0.15) is 11.5 Å². The van der Waals surface area contributed by atoms with Gasteiger partial charge < -0.3 is 20.1 Å². The van der Waals surface area contributed by atoms with E-state index in [-0.39, 0.29) is 42.7 Å². The Balaban J connectivity index is 1.90. The lowest BCUT2D eigenvalue weighted by molar-refractivity contribution is -0.136. The van der Waals surface area contributed by atoms with Crippen molar-refractivity contribution >= 4 is 17.6 Å². The summed E-state index contributed by atoms with van der Waals surface area (Å²) in [4.78, 5) is 26.0. The average molecular weight is 370 g/mol. The third-order valence-corrected chi connectivity index (χ3v) is 4.26. The van der Waals surface area contributed by atoms with Gasteiger partial charge in [0.15, 0.2) is 0 Å². The number of rotatable bonds is 6. The zero-order chi connectivity index (χ0) is 19.4. The molecule has 1 aliphatic heterocycles. The van der Waals surface area contributed by atoms with Crippen LogP contribution in [-0.2, 0) is 14.3 Å². The van der Waals surface area contributed by atoms with Gasteiger partial charge in [0.2, 0.25) is 0 Å². The summed E-state index contributed by atoms with van der Waals surface area (Å²) in [6.07, 6.45) is 0. The number of amides is 1. The van der Waals surface area contributed by atoms with Crippen molar-refractivity contribution in [3.63, 3.8) is 0 Å². The maximum absolute atomic E-state index is 13.1. The van der Waals surface area contributed by atoms with E-state index in [2.05, 4.69) is 5.32 Å². The summed E-state index contributed by atoms with van der Waals surface area (Å²) in [6, 6.07) is 13.3. The van der Waals surface area contributed by atoms with E-state index < -0.39 is 5.97 Å². The minimum absolute atomic E-state index is 0.0754. The Morgan fingerprint density at radius 3 is 2.63 bits per heavy atom. The van der Waals surface area contributed by atoms with Crippen LogP contribution in [0, 0.1) is 5.82 Å². The van der Waals surface area contributed by atoms with Crippen LogP contribution < -0.4 is 5.32 Å². The van der Waals surface area contributed by atoms with Crippen molar-refractivity contribution in [1.82, 2.24) is 4.90 Å². The number of esters is 1. The Morgan fingerprint density at radius 2 is 1.96 bits per heavy atom. The second kappa shape index (κ2) is 8.01. The summed E-state index contributed by atoms with van der Waals surface area (Å²) in [5, 5.41) is 12.1. The lowest BCUT2D eigenvalue weighted by Gasteiger charge is -2.15. The highest BCUT2D eigenvalue weighted by molar-refractivity contribution is 6.08. The third-order valence-electron chi connectivity index (χ3n) is 4.26. The minimum atomic E-state index is -0.596. The van der Waals surface area contributed by atoms with Crippen LogP contribution >= 0.6 is 0 Å². The van der Waals surface area contributed by atoms with E-state index in [0.29, 0.717) is 5.69 Å². The smallest absolute Gasteiger partial charge is 0.337 e. The molecule has 0 saturated carbocycles. The molecule has 0 fully saturated rings. The van der Waals surface area contributed by atoms with Crippen LogP contribution in [0.15, 0.2) is 59.8 Å². The third kappa shape index (κ3) is 3.98. The molecule has 0 aliphatic carbocycles. The maximum Gasteiger partial charge on any atom is 0.337 e. The molecule has 0 radical (unpaired) electrons. The number of aliphatic hydroxyl groups excluding tert-OH is 1. The van der Waals surface area contributed by atoms with Gasteiger partial charge >= 0.3 is 5.97 Å². The van der Waals surface area contributed by atoms with Crippen molar-refractivity contribution in [3.8, 4) is 11.1 Å². The molecule has 1 heterocycles. The standard InChI is InChI=1S/C20H19FN2O4/c1-27-20(26)17-12-23(9-10-24)19(25)18(17)22-16-4-2-3-14(11-16)13-5-7-15(21)8-6-13/h2-8,11,22,24H,9-10,12H2,1H3. The summed E-state index contributed by atoms with van der Waals surface area (Å²) >= 11 is 0. The van der Waals surface area contributed by atoms with Crippen LogP contribution in [0.25, 0.3) is 11.1 Å². The number of carbonyl (C=O) groups is 2. The highest BCUT2D eigenvalue weighted by Crippen LogP contribution is 2.26. The van der Waals surface area contributed by atoms with Crippen molar-refractivity contribution in [1.29, 1.82) is 0 Å². The van der Waals surface area contributed by atoms with E-state index in [1.54, 1.807) is 30.3 Å². The molecule has 0 atom stereocenters. The number of methoxy groups -OCH3 is 1. The Labute approximate surface area is 155 Å². The Morgan fingerprint density at radius 1 is 1.22 bits per heavy atom. The summed E-state index contributed by atoms with van der Waals surface area (Å²) in [6.45, 7) is -0.000294. The van der Waals surface area contributed by atoms with Crippen LogP contribution in [0.3, 0.4) is 0 Å². The number of nitrogens with one attached hydrogen (secondary N) is 1. The number of nitrogens with zero attached hydrogens (tertiary/aromatic N) is 1. The molecule has 0 saturated heterocycles. The molecule has 2 aromatic rings. The molecular weight excluding hydrogens is 351 g/mol. The Hall–Kier alpha value is -3.19. The molecule has 1 amide bonds. The van der Waals surface area contributed by atoms with Gasteiger partial charge in [-0.05, 0) is 35.4 Å². The number of anilines is 1. The first-order chi connectivity index (χ1) is 13.0. The molecule has 0 unspecified atom stereocenters. The molecule has 6 nitrogen and oxygen atoms in total. The number of β-amino-alcohol motifs (C(OH)–C–C–N with tert-alkyl or cyclic N) is 1. The molecule has 0 aromatic heterocycles. The van der Waals surface area contributed by atoms with Gasteiger partial charge in [-0.2, -0.15) is 0 Å². The molecule has 3 rings (SSSR count). The van der Waals surface area contributed by atoms with Crippen LogP contribution in [-0.4, -0.2) is 48.7 Å². The van der Waals surface area contributed by atoms with Gasteiger partial charge in [0.05, 0.1) is 25.8 Å². The average Bonchev–Trinajstić information content (AvgIpc) is 2.98. The van der Waals surface area contributed by atoms with Crippen LogP contribution in [0.1, 0.15) is 0 Å². The van der Waals surface area contributed by atoms with Gasteiger partial charge in [-0.1, -0.05) is 24.3 Å². The molecule has 27 heavy (non-hydrogen) atoms. The molecule has 2 N–H and O–H groups in total. The highest BCUT2D eigenvalue weighted by atomic mass is 19.1. The molecule has 7 heteroatoms. The summed E-state index contributed by atoms with van der Waals surface area (Å²) in [5.74, 6) is -1.29. The van der Waals surface area contributed by atoms with E-state index in [0.717, 1.165) is 11.1 Å². The van der Waals surface area contributed by atoms with Crippen LogP contribution in [0.5, 0.6) is 0 Å². The van der Waals surface area contributed by atoms with E-state index >= 15 is 0 Å². The topological polar surface area (TPSA) is 78.9 Å². The van der Waals surface area contributed by atoms with Crippen molar-refractivity contribution in [2.24, 2.45) is 0 Å². The SMILES string of the molecule is COC(=O)C1=C(Nc2cccc(-c3ccc(F)cc3)c2)C(=O)N(CCO)C1. The highest BCUT2D eigenvalue weighted by Gasteiger charge is 2.34. The Kier molecular flexibility index (Phi) is 5.52.